The SMILES string of the molecule is COC(=O)CC[C@@H](C)[C@H]1CC[C@H]2[C@@H]3CC[C@@H]4C[C@H](OC(=O)Cn5nc(-c6ccccc6)n(N)c5=S)CC[C@]4(C)[C@H]3C[C@H](O)[C@]12C. The van der Waals surface area contributed by atoms with Crippen LogP contribution in [0.1, 0.15) is 85.0 Å². The zero-order valence-corrected chi connectivity index (χ0v) is 28.0. The molecule has 246 valence electrons. The zero-order chi connectivity index (χ0) is 32.1. The zero-order valence-electron chi connectivity index (χ0n) is 27.2. The number of aliphatic hydroxyl groups excluding tert-OH is 1. The van der Waals surface area contributed by atoms with Crippen LogP contribution in [0.4, 0.5) is 0 Å². The average Bonchev–Trinajstić information content (AvgIpc) is 3.53. The van der Waals surface area contributed by atoms with E-state index in [1.54, 1.807) is 0 Å². The number of ether oxygens (including phenoxy) is 2. The number of benzene rings is 1. The van der Waals surface area contributed by atoms with E-state index in [1.807, 2.05) is 30.3 Å². The first-order valence-corrected chi connectivity index (χ1v) is 17.3. The first kappa shape index (κ1) is 32.2. The summed E-state index contributed by atoms with van der Waals surface area (Å²) < 4.78 is 14.0. The van der Waals surface area contributed by atoms with E-state index in [-0.39, 0.29) is 46.3 Å². The molecule has 1 heterocycles. The summed E-state index contributed by atoms with van der Waals surface area (Å²) in [5, 5.41) is 16.4. The van der Waals surface area contributed by atoms with Gasteiger partial charge in [-0.15, -0.1) is 5.10 Å². The lowest BCUT2D eigenvalue weighted by Gasteiger charge is -2.62. The van der Waals surface area contributed by atoms with Gasteiger partial charge in [0.05, 0.1) is 13.2 Å². The molecule has 0 radical (unpaired) electrons. The largest absolute Gasteiger partial charge is 0.469 e. The van der Waals surface area contributed by atoms with Gasteiger partial charge < -0.3 is 20.4 Å². The number of methoxy groups -OCH3 is 1. The van der Waals surface area contributed by atoms with Gasteiger partial charge in [0, 0.05) is 12.0 Å². The minimum atomic E-state index is -0.340. The molecule has 4 aliphatic carbocycles. The number of esters is 2. The number of aromatic nitrogens is 3. The highest BCUT2D eigenvalue weighted by Crippen LogP contribution is 2.68. The van der Waals surface area contributed by atoms with Crippen molar-refractivity contribution in [2.24, 2.45) is 46.3 Å². The molecule has 4 aliphatic rings. The smallest absolute Gasteiger partial charge is 0.328 e. The Morgan fingerprint density at radius 1 is 1.09 bits per heavy atom. The summed E-state index contributed by atoms with van der Waals surface area (Å²) in [5.41, 5.74) is 0.855. The molecule has 0 aliphatic heterocycles. The Morgan fingerprint density at radius 2 is 1.84 bits per heavy atom. The minimum absolute atomic E-state index is 0.0718. The van der Waals surface area contributed by atoms with E-state index in [2.05, 4.69) is 25.9 Å². The predicted molar refractivity (Wildman–Crippen MR) is 174 cm³/mol. The van der Waals surface area contributed by atoms with E-state index in [0.29, 0.717) is 47.8 Å². The molecule has 45 heavy (non-hydrogen) atoms. The molecule has 0 amide bonds. The summed E-state index contributed by atoms with van der Waals surface area (Å²) in [6.07, 6.45) is 8.94. The summed E-state index contributed by atoms with van der Waals surface area (Å²) in [4.78, 5) is 25.0. The van der Waals surface area contributed by atoms with Crippen LogP contribution in [0, 0.1) is 51.1 Å². The number of nitrogen functional groups attached to an aromatic ring is 1. The molecule has 10 atom stereocenters. The standard InChI is InChI=1S/C35H50N4O5S/c1-21(10-15-30(41)43-4)26-13-14-27-25-12-11-23-18-24(16-17-34(23,2)28(25)19-29(40)35(26,27)3)44-31(42)20-38-33(45)39(36)32(37-38)22-8-6-5-7-9-22/h5-9,21,23-29,40H,10-20,36H2,1-4H3/t21-,23-,24-,25+,26-,27+,28+,29+,34+,35-/m1/s1. The van der Waals surface area contributed by atoms with Crippen LogP contribution in [0.25, 0.3) is 11.4 Å². The number of aliphatic hydroxyl groups is 1. The average molecular weight is 639 g/mol. The maximum absolute atomic E-state index is 13.1. The van der Waals surface area contributed by atoms with Crippen molar-refractivity contribution in [3.05, 3.63) is 35.1 Å². The van der Waals surface area contributed by atoms with Gasteiger partial charge in [0.15, 0.2) is 5.82 Å². The minimum Gasteiger partial charge on any atom is -0.469 e. The number of carbonyl (C=O) groups excluding carboxylic acids is 2. The molecule has 0 saturated heterocycles. The van der Waals surface area contributed by atoms with Gasteiger partial charge in [-0.25, -0.2) is 9.36 Å². The van der Waals surface area contributed by atoms with Gasteiger partial charge in [0.1, 0.15) is 12.6 Å². The summed E-state index contributed by atoms with van der Waals surface area (Å²) in [7, 11) is 1.45. The van der Waals surface area contributed by atoms with Crippen molar-refractivity contribution in [2.45, 2.75) is 104 Å². The van der Waals surface area contributed by atoms with Gasteiger partial charge in [-0.3, -0.25) is 9.59 Å². The summed E-state index contributed by atoms with van der Waals surface area (Å²) in [6.45, 7) is 6.99. The van der Waals surface area contributed by atoms with Crippen LogP contribution < -0.4 is 5.84 Å². The monoisotopic (exact) mass is 638 g/mol. The van der Waals surface area contributed by atoms with Crippen LogP contribution in [-0.4, -0.2) is 50.8 Å². The molecule has 3 N–H and O–H groups in total. The number of carbonyl (C=O) groups is 2. The Hall–Kier alpha value is -2.72. The fourth-order valence-electron chi connectivity index (χ4n) is 10.6. The molecule has 2 aromatic rings. The molecule has 0 bridgehead atoms. The summed E-state index contributed by atoms with van der Waals surface area (Å²) in [6, 6.07) is 9.54. The molecular formula is C35H50N4O5S. The molecule has 0 unspecified atom stereocenters. The molecule has 1 aromatic heterocycles. The Balaban J connectivity index is 1.09. The van der Waals surface area contributed by atoms with E-state index >= 15 is 0 Å². The van der Waals surface area contributed by atoms with E-state index in [1.165, 1.54) is 22.9 Å². The third-order valence-corrected chi connectivity index (χ3v) is 13.4. The van der Waals surface area contributed by atoms with Gasteiger partial charge >= 0.3 is 11.9 Å². The van der Waals surface area contributed by atoms with Crippen LogP contribution in [0.2, 0.25) is 0 Å². The lowest BCUT2D eigenvalue weighted by atomic mass is 9.43. The number of fused-ring (bicyclic) bond motifs is 5. The number of nitrogens with zero attached hydrogens (tertiary/aromatic N) is 3. The molecule has 1 aromatic carbocycles. The van der Waals surface area contributed by atoms with Crippen molar-refractivity contribution in [3.8, 4) is 11.4 Å². The van der Waals surface area contributed by atoms with Crippen molar-refractivity contribution in [2.75, 3.05) is 13.0 Å². The first-order chi connectivity index (χ1) is 21.5. The highest BCUT2D eigenvalue weighted by atomic mass is 32.1. The normalized spacial score (nSPS) is 36.3. The second-order valence-corrected chi connectivity index (χ2v) is 15.3. The van der Waals surface area contributed by atoms with Gasteiger partial charge in [-0.1, -0.05) is 51.1 Å². The highest BCUT2D eigenvalue weighted by molar-refractivity contribution is 7.71. The van der Waals surface area contributed by atoms with Gasteiger partial charge in [-0.05, 0) is 116 Å². The fourth-order valence-corrected chi connectivity index (χ4v) is 10.7. The van der Waals surface area contributed by atoms with E-state index in [4.69, 9.17) is 27.5 Å². The van der Waals surface area contributed by atoms with Gasteiger partial charge in [-0.2, -0.15) is 0 Å². The number of nitrogens with two attached hydrogens (primary N) is 1. The summed E-state index contributed by atoms with van der Waals surface area (Å²) in [5.74, 6) is 9.07. The molecule has 9 nitrogen and oxygen atoms in total. The maximum Gasteiger partial charge on any atom is 0.328 e. The second-order valence-electron chi connectivity index (χ2n) is 14.9. The van der Waals surface area contributed by atoms with Crippen LogP contribution in [0.15, 0.2) is 30.3 Å². The third kappa shape index (κ3) is 5.64. The lowest BCUT2D eigenvalue weighted by Crippen LogP contribution is -2.59. The second kappa shape index (κ2) is 12.5. The van der Waals surface area contributed by atoms with Crippen LogP contribution in [0.3, 0.4) is 0 Å². The van der Waals surface area contributed by atoms with Crippen molar-refractivity contribution < 1.29 is 24.2 Å². The van der Waals surface area contributed by atoms with E-state index in [0.717, 1.165) is 56.9 Å². The molecule has 10 heteroatoms. The number of rotatable bonds is 8. The Kier molecular flexibility index (Phi) is 8.93. The molecular weight excluding hydrogens is 588 g/mol. The molecule has 0 spiro atoms. The quantitative estimate of drug-likeness (QED) is 0.208. The lowest BCUT2D eigenvalue weighted by molar-refractivity contribution is -0.182. The van der Waals surface area contributed by atoms with E-state index < -0.39 is 0 Å². The molecule has 6 rings (SSSR count). The van der Waals surface area contributed by atoms with Crippen LogP contribution in [0.5, 0.6) is 0 Å². The third-order valence-electron chi connectivity index (χ3n) is 13.0. The number of hydrogen-bond donors (Lipinski definition) is 2. The van der Waals surface area contributed by atoms with E-state index in [9.17, 15) is 14.7 Å². The van der Waals surface area contributed by atoms with Crippen molar-refractivity contribution >= 4 is 24.2 Å². The molecule has 4 saturated carbocycles. The van der Waals surface area contributed by atoms with Crippen molar-refractivity contribution in [1.29, 1.82) is 0 Å². The van der Waals surface area contributed by atoms with Crippen LogP contribution >= 0.6 is 12.2 Å². The predicted octanol–water partition coefficient (Wildman–Crippen LogP) is 5.93. The van der Waals surface area contributed by atoms with Crippen molar-refractivity contribution in [3.63, 3.8) is 0 Å². The highest BCUT2D eigenvalue weighted by Gasteiger charge is 2.63. The van der Waals surface area contributed by atoms with Gasteiger partial charge in [0.2, 0.25) is 4.77 Å². The topological polar surface area (TPSA) is 122 Å². The Bertz CT molecular complexity index is 1460. The first-order valence-electron chi connectivity index (χ1n) is 16.9. The summed E-state index contributed by atoms with van der Waals surface area (Å²) >= 11 is 5.47. The maximum atomic E-state index is 13.1. The van der Waals surface area contributed by atoms with Crippen LogP contribution in [-0.2, 0) is 25.6 Å². The number of hydrogen-bond acceptors (Lipinski definition) is 8. The molecule has 4 fully saturated rings. The van der Waals surface area contributed by atoms with Gasteiger partial charge in [0.25, 0.3) is 0 Å². The fraction of sp³-hybridized carbons (Fsp3) is 0.714. The Morgan fingerprint density at radius 3 is 2.58 bits per heavy atom. The van der Waals surface area contributed by atoms with Crippen molar-refractivity contribution in [1.82, 2.24) is 14.5 Å². The Labute approximate surface area is 271 Å².